The molecule has 0 unspecified atom stereocenters. The van der Waals surface area contributed by atoms with E-state index in [1.165, 1.54) is 40.8 Å². The van der Waals surface area contributed by atoms with Crippen LogP contribution < -0.4 is 10.3 Å². The normalized spacial score (nSPS) is 11.2. The maximum absolute atomic E-state index is 14.1. The molecule has 0 spiro atoms. The summed E-state index contributed by atoms with van der Waals surface area (Å²) in [5.41, 5.74) is 1.14. The summed E-state index contributed by atoms with van der Waals surface area (Å²) in [6, 6.07) is 15.6. The van der Waals surface area contributed by atoms with Gasteiger partial charge in [0.15, 0.2) is 17.0 Å². The molecule has 0 saturated carbocycles. The highest BCUT2D eigenvalue weighted by Gasteiger charge is 2.22. The van der Waals surface area contributed by atoms with Crippen LogP contribution in [-0.2, 0) is 0 Å². The van der Waals surface area contributed by atoms with E-state index in [2.05, 4.69) is 9.97 Å². The number of hydrogen-bond acceptors (Lipinski definition) is 4. The van der Waals surface area contributed by atoms with Crippen LogP contribution in [0, 0.1) is 5.82 Å². The van der Waals surface area contributed by atoms with E-state index in [9.17, 15) is 9.18 Å². The van der Waals surface area contributed by atoms with Crippen molar-refractivity contribution in [3.63, 3.8) is 0 Å². The lowest BCUT2D eigenvalue weighted by atomic mass is 10.2. The molecule has 0 amide bonds. The zero-order chi connectivity index (χ0) is 24.0. The van der Waals surface area contributed by atoms with Gasteiger partial charge in [-0.15, -0.1) is 0 Å². The molecule has 5 rings (SSSR count). The zero-order valence-electron chi connectivity index (χ0n) is 17.5. The largest absolute Gasteiger partial charge is 0.495 e. The average Bonchev–Trinajstić information content (AvgIpc) is 3.24. The second-order valence-corrected chi connectivity index (χ2v) is 8.56. The van der Waals surface area contributed by atoms with Gasteiger partial charge < -0.3 is 4.74 Å². The van der Waals surface area contributed by atoms with E-state index >= 15 is 0 Å². The van der Waals surface area contributed by atoms with Gasteiger partial charge in [0, 0.05) is 21.7 Å². The summed E-state index contributed by atoms with van der Waals surface area (Å²) in [6.07, 6.45) is 1.40. The van der Waals surface area contributed by atoms with E-state index in [0.717, 1.165) is 0 Å². The monoisotopic (exact) mass is 514 g/mol. The minimum Gasteiger partial charge on any atom is -0.495 e. The Morgan fingerprint density at radius 1 is 0.941 bits per heavy atom. The molecule has 0 atom stereocenters. The number of halogens is 4. The van der Waals surface area contributed by atoms with Crippen LogP contribution >= 0.6 is 34.8 Å². The van der Waals surface area contributed by atoms with Crippen molar-refractivity contribution in [2.75, 3.05) is 7.11 Å². The molecule has 6 nitrogen and oxygen atoms in total. The maximum atomic E-state index is 14.1. The molecule has 0 radical (unpaired) electrons. The quantitative estimate of drug-likeness (QED) is 0.280. The van der Waals surface area contributed by atoms with Gasteiger partial charge in [-0.25, -0.2) is 14.4 Å². The molecule has 0 fully saturated rings. The van der Waals surface area contributed by atoms with Crippen molar-refractivity contribution in [3.05, 3.63) is 98.2 Å². The van der Waals surface area contributed by atoms with Crippen LogP contribution in [0.1, 0.15) is 0 Å². The summed E-state index contributed by atoms with van der Waals surface area (Å²) in [5.74, 6) is 0.133. The molecule has 34 heavy (non-hydrogen) atoms. The average molecular weight is 516 g/mol. The number of fused-ring (bicyclic) bond motifs is 1. The fraction of sp³-hybridized carbons (Fsp3) is 0.0417. The summed E-state index contributed by atoms with van der Waals surface area (Å²) in [4.78, 5) is 22.9. The SMILES string of the molecule is COc1ccc(F)cc1-n1cnc2nc(-c3ccc(Cl)cc3Cl)n(-c3ccc(Cl)cc3)c(=O)c21. The van der Waals surface area contributed by atoms with Gasteiger partial charge in [0.05, 0.1) is 23.5 Å². The van der Waals surface area contributed by atoms with E-state index in [0.29, 0.717) is 37.8 Å². The minimum atomic E-state index is -0.492. The van der Waals surface area contributed by atoms with Crippen LogP contribution in [0.25, 0.3) is 33.9 Å². The van der Waals surface area contributed by atoms with Crippen molar-refractivity contribution in [2.24, 2.45) is 0 Å². The summed E-state index contributed by atoms with van der Waals surface area (Å²) < 4.78 is 22.3. The van der Waals surface area contributed by atoms with E-state index < -0.39 is 11.4 Å². The molecule has 0 saturated heterocycles. The Bertz CT molecular complexity index is 1610. The molecule has 0 bridgehead atoms. The van der Waals surface area contributed by atoms with Gasteiger partial charge in [-0.2, -0.15) is 0 Å². The molecule has 0 aliphatic heterocycles. The first-order chi connectivity index (χ1) is 16.4. The van der Waals surface area contributed by atoms with Gasteiger partial charge in [0.2, 0.25) is 0 Å². The predicted octanol–water partition coefficient (Wildman–Crippen LogP) is 6.35. The van der Waals surface area contributed by atoms with Crippen LogP contribution in [-0.4, -0.2) is 26.2 Å². The highest BCUT2D eigenvalue weighted by molar-refractivity contribution is 6.36. The number of imidazole rings is 1. The van der Waals surface area contributed by atoms with Crippen molar-refractivity contribution >= 4 is 46.0 Å². The van der Waals surface area contributed by atoms with Crippen LogP contribution in [0.4, 0.5) is 4.39 Å². The molecule has 0 aliphatic rings. The highest BCUT2D eigenvalue weighted by atomic mass is 35.5. The number of rotatable bonds is 4. The zero-order valence-corrected chi connectivity index (χ0v) is 19.7. The second-order valence-electron chi connectivity index (χ2n) is 7.28. The van der Waals surface area contributed by atoms with Crippen molar-refractivity contribution in [1.82, 2.24) is 19.1 Å². The van der Waals surface area contributed by atoms with Crippen molar-refractivity contribution < 1.29 is 9.13 Å². The summed E-state index contributed by atoms with van der Waals surface area (Å²) in [6.45, 7) is 0. The lowest BCUT2D eigenvalue weighted by Gasteiger charge is -2.15. The maximum Gasteiger partial charge on any atom is 0.285 e. The summed E-state index contributed by atoms with van der Waals surface area (Å²) in [7, 11) is 1.46. The Balaban J connectivity index is 1.88. The van der Waals surface area contributed by atoms with Crippen LogP contribution in [0.15, 0.2) is 71.8 Å². The second kappa shape index (κ2) is 8.76. The first kappa shape index (κ1) is 22.4. The topological polar surface area (TPSA) is 61.9 Å². The molecule has 2 heterocycles. The Hall–Kier alpha value is -3.39. The first-order valence-electron chi connectivity index (χ1n) is 9.93. The molecule has 0 N–H and O–H groups in total. The van der Waals surface area contributed by atoms with E-state index in [-0.39, 0.29) is 17.0 Å². The van der Waals surface area contributed by atoms with Gasteiger partial charge in [0.1, 0.15) is 17.9 Å². The van der Waals surface area contributed by atoms with Crippen molar-refractivity contribution in [1.29, 1.82) is 0 Å². The standard InChI is InChI=1S/C24H14Cl3FN4O2/c1-34-20-9-5-15(28)11-19(20)31-12-29-22-21(31)24(33)32(16-6-2-13(25)3-7-16)23(30-22)17-8-4-14(26)10-18(17)27/h2-12H,1H3. The van der Waals surface area contributed by atoms with Gasteiger partial charge in [-0.1, -0.05) is 34.8 Å². The number of nitrogens with zero attached hydrogens (tertiary/aromatic N) is 4. The molecule has 170 valence electrons. The van der Waals surface area contributed by atoms with Crippen LogP contribution in [0.3, 0.4) is 0 Å². The Morgan fingerprint density at radius 2 is 1.68 bits per heavy atom. The third-order valence-corrected chi connectivity index (χ3v) is 6.03. The summed E-state index contributed by atoms with van der Waals surface area (Å²) >= 11 is 18.6. The molecule has 3 aromatic carbocycles. The van der Waals surface area contributed by atoms with Crippen LogP contribution in [0.2, 0.25) is 15.1 Å². The number of ether oxygens (including phenoxy) is 1. The van der Waals surface area contributed by atoms with Gasteiger partial charge in [0.25, 0.3) is 5.56 Å². The molecule has 10 heteroatoms. The third-order valence-electron chi connectivity index (χ3n) is 5.23. The highest BCUT2D eigenvalue weighted by Crippen LogP contribution is 2.32. The van der Waals surface area contributed by atoms with Gasteiger partial charge in [-0.05, 0) is 54.6 Å². The lowest BCUT2D eigenvalue weighted by molar-refractivity contribution is 0.412. The minimum absolute atomic E-state index is 0.132. The molecule has 5 aromatic rings. The first-order valence-corrected chi connectivity index (χ1v) is 11.1. The number of methoxy groups -OCH3 is 1. The van der Waals surface area contributed by atoms with E-state index in [1.807, 2.05) is 0 Å². The van der Waals surface area contributed by atoms with Crippen molar-refractivity contribution in [3.8, 4) is 28.5 Å². The molecule has 0 aliphatic carbocycles. The smallest absolute Gasteiger partial charge is 0.285 e. The predicted molar refractivity (Wildman–Crippen MR) is 131 cm³/mol. The number of hydrogen-bond donors (Lipinski definition) is 0. The number of aromatic nitrogens is 4. The Kier molecular flexibility index (Phi) is 5.77. The fourth-order valence-electron chi connectivity index (χ4n) is 3.69. The van der Waals surface area contributed by atoms with Crippen molar-refractivity contribution in [2.45, 2.75) is 0 Å². The molecule has 2 aromatic heterocycles. The lowest BCUT2D eigenvalue weighted by Crippen LogP contribution is -2.23. The van der Waals surface area contributed by atoms with Gasteiger partial charge >= 0.3 is 0 Å². The third kappa shape index (κ3) is 3.81. The van der Waals surface area contributed by atoms with E-state index in [4.69, 9.17) is 39.5 Å². The van der Waals surface area contributed by atoms with E-state index in [1.54, 1.807) is 42.5 Å². The molecular formula is C24H14Cl3FN4O2. The van der Waals surface area contributed by atoms with Gasteiger partial charge in [-0.3, -0.25) is 13.9 Å². The number of benzene rings is 3. The Morgan fingerprint density at radius 3 is 2.38 bits per heavy atom. The fourth-order valence-corrected chi connectivity index (χ4v) is 4.31. The summed E-state index contributed by atoms with van der Waals surface area (Å²) in [5, 5.41) is 1.26. The molecular weight excluding hydrogens is 502 g/mol. The van der Waals surface area contributed by atoms with Crippen LogP contribution in [0.5, 0.6) is 5.75 Å². The Labute approximate surface area is 207 Å².